The fourth-order valence-corrected chi connectivity index (χ4v) is 2.27. The van der Waals surface area contributed by atoms with Crippen LogP contribution in [0.2, 0.25) is 0 Å². The SMILES string of the molecule is C=CCN(CC#CC1=CCCCC1)CC1CC1. The van der Waals surface area contributed by atoms with Gasteiger partial charge in [0, 0.05) is 13.1 Å². The van der Waals surface area contributed by atoms with Crippen LogP contribution in [0.25, 0.3) is 0 Å². The fourth-order valence-electron chi connectivity index (χ4n) is 2.27. The van der Waals surface area contributed by atoms with E-state index in [4.69, 9.17) is 0 Å². The van der Waals surface area contributed by atoms with Gasteiger partial charge in [0.05, 0.1) is 6.54 Å². The molecule has 2 aliphatic carbocycles. The topological polar surface area (TPSA) is 3.24 Å². The third kappa shape index (κ3) is 4.79. The Morgan fingerprint density at radius 2 is 2.29 bits per heavy atom. The molecule has 0 amide bonds. The maximum atomic E-state index is 3.82. The number of hydrogen-bond acceptors (Lipinski definition) is 1. The van der Waals surface area contributed by atoms with E-state index in [9.17, 15) is 0 Å². The van der Waals surface area contributed by atoms with Crippen molar-refractivity contribution in [3.05, 3.63) is 24.3 Å². The van der Waals surface area contributed by atoms with Gasteiger partial charge in [-0.1, -0.05) is 24.0 Å². The molecule has 0 aromatic rings. The van der Waals surface area contributed by atoms with Gasteiger partial charge >= 0.3 is 0 Å². The number of nitrogens with zero attached hydrogens (tertiary/aromatic N) is 1. The molecule has 0 bridgehead atoms. The van der Waals surface area contributed by atoms with E-state index < -0.39 is 0 Å². The zero-order valence-electron chi connectivity index (χ0n) is 10.8. The summed E-state index contributed by atoms with van der Waals surface area (Å²) in [6.07, 6.45) is 12.2. The zero-order chi connectivity index (χ0) is 11.9. The van der Waals surface area contributed by atoms with Crippen molar-refractivity contribution in [2.75, 3.05) is 19.6 Å². The highest BCUT2D eigenvalue weighted by molar-refractivity contribution is 5.30. The molecule has 0 radical (unpaired) electrons. The van der Waals surface area contributed by atoms with Crippen LogP contribution in [0.15, 0.2) is 24.3 Å². The minimum Gasteiger partial charge on any atom is -0.288 e. The summed E-state index contributed by atoms with van der Waals surface area (Å²) in [5.41, 5.74) is 1.36. The molecule has 1 fully saturated rings. The quantitative estimate of drug-likeness (QED) is 0.516. The highest BCUT2D eigenvalue weighted by Crippen LogP contribution is 2.29. The zero-order valence-corrected chi connectivity index (χ0v) is 10.8. The van der Waals surface area contributed by atoms with Gasteiger partial charge in [-0.25, -0.2) is 0 Å². The van der Waals surface area contributed by atoms with Crippen molar-refractivity contribution >= 4 is 0 Å². The molecular formula is C16H23N. The molecule has 92 valence electrons. The third-order valence-electron chi connectivity index (χ3n) is 3.44. The molecular weight excluding hydrogens is 206 g/mol. The Bertz CT molecular complexity index is 338. The second-order valence-electron chi connectivity index (χ2n) is 5.20. The van der Waals surface area contributed by atoms with Crippen LogP contribution in [0.4, 0.5) is 0 Å². The van der Waals surface area contributed by atoms with E-state index in [2.05, 4.69) is 29.4 Å². The van der Waals surface area contributed by atoms with Crippen molar-refractivity contribution in [3.63, 3.8) is 0 Å². The van der Waals surface area contributed by atoms with Crippen LogP contribution in [0.1, 0.15) is 38.5 Å². The molecule has 0 aromatic carbocycles. The van der Waals surface area contributed by atoms with E-state index in [-0.39, 0.29) is 0 Å². The van der Waals surface area contributed by atoms with Gasteiger partial charge < -0.3 is 0 Å². The Balaban J connectivity index is 1.78. The van der Waals surface area contributed by atoms with Gasteiger partial charge in [-0.05, 0) is 50.0 Å². The molecule has 0 atom stereocenters. The number of rotatable bonds is 5. The molecule has 1 saturated carbocycles. The van der Waals surface area contributed by atoms with Gasteiger partial charge in [0.1, 0.15) is 0 Å². The van der Waals surface area contributed by atoms with Gasteiger partial charge in [0.15, 0.2) is 0 Å². The first-order chi connectivity index (χ1) is 8.38. The average molecular weight is 229 g/mol. The summed E-state index contributed by atoms with van der Waals surface area (Å²) < 4.78 is 0. The van der Waals surface area contributed by atoms with Gasteiger partial charge in [-0.15, -0.1) is 6.58 Å². The summed E-state index contributed by atoms with van der Waals surface area (Å²) in [5, 5.41) is 0. The summed E-state index contributed by atoms with van der Waals surface area (Å²) >= 11 is 0. The summed E-state index contributed by atoms with van der Waals surface area (Å²) in [7, 11) is 0. The van der Waals surface area contributed by atoms with E-state index >= 15 is 0 Å². The maximum absolute atomic E-state index is 3.82. The van der Waals surface area contributed by atoms with Crippen molar-refractivity contribution in [1.82, 2.24) is 4.90 Å². The van der Waals surface area contributed by atoms with Gasteiger partial charge in [-0.3, -0.25) is 4.90 Å². The summed E-state index contributed by atoms with van der Waals surface area (Å²) in [6.45, 7) is 6.91. The van der Waals surface area contributed by atoms with E-state index in [1.165, 1.54) is 50.6 Å². The molecule has 0 aliphatic heterocycles. The van der Waals surface area contributed by atoms with Crippen molar-refractivity contribution in [3.8, 4) is 11.8 Å². The molecule has 1 heteroatoms. The van der Waals surface area contributed by atoms with Gasteiger partial charge in [-0.2, -0.15) is 0 Å². The first-order valence-electron chi connectivity index (χ1n) is 6.89. The first kappa shape index (κ1) is 12.5. The Hall–Kier alpha value is -1.00. The molecule has 0 aromatic heterocycles. The van der Waals surface area contributed by atoms with E-state index in [0.29, 0.717) is 0 Å². The molecule has 0 unspecified atom stereocenters. The standard InChI is InChI=1S/C16H23N/c1-2-12-17(14-16-10-11-16)13-6-9-15-7-4-3-5-8-15/h2,7,16H,1,3-5,8,10-14H2. The van der Waals surface area contributed by atoms with Crippen molar-refractivity contribution in [2.24, 2.45) is 5.92 Å². The molecule has 0 heterocycles. The van der Waals surface area contributed by atoms with E-state index in [0.717, 1.165) is 19.0 Å². The second kappa shape index (κ2) is 6.67. The monoisotopic (exact) mass is 229 g/mol. The number of allylic oxidation sites excluding steroid dienone is 2. The summed E-state index contributed by atoms with van der Waals surface area (Å²) in [5.74, 6) is 7.61. The predicted octanol–water partition coefficient (Wildman–Crippen LogP) is 3.39. The van der Waals surface area contributed by atoms with Crippen LogP contribution in [-0.4, -0.2) is 24.5 Å². The lowest BCUT2D eigenvalue weighted by Gasteiger charge is -2.16. The average Bonchev–Trinajstić information content (AvgIpc) is 3.15. The lowest BCUT2D eigenvalue weighted by molar-refractivity contribution is 0.325. The van der Waals surface area contributed by atoms with Crippen LogP contribution < -0.4 is 0 Å². The first-order valence-corrected chi connectivity index (χ1v) is 6.89. The summed E-state index contributed by atoms with van der Waals surface area (Å²) in [4.78, 5) is 2.42. The largest absolute Gasteiger partial charge is 0.288 e. The molecule has 0 spiro atoms. The predicted molar refractivity (Wildman–Crippen MR) is 73.7 cm³/mol. The molecule has 2 rings (SSSR count). The van der Waals surface area contributed by atoms with E-state index in [1.54, 1.807) is 0 Å². The Kier molecular flexibility index (Phi) is 4.88. The molecule has 17 heavy (non-hydrogen) atoms. The Labute approximate surface area is 106 Å². The lowest BCUT2D eigenvalue weighted by atomic mass is 10.0. The Morgan fingerprint density at radius 1 is 1.41 bits per heavy atom. The van der Waals surface area contributed by atoms with E-state index in [1.807, 2.05) is 6.08 Å². The normalized spacial score (nSPS) is 19.5. The highest BCUT2D eigenvalue weighted by Gasteiger charge is 2.23. The second-order valence-corrected chi connectivity index (χ2v) is 5.20. The molecule has 0 saturated heterocycles. The van der Waals surface area contributed by atoms with Crippen LogP contribution >= 0.6 is 0 Å². The minimum atomic E-state index is 0.903. The number of hydrogen-bond donors (Lipinski definition) is 0. The smallest absolute Gasteiger partial charge is 0.0608 e. The third-order valence-corrected chi connectivity index (χ3v) is 3.44. The van der Waals surface area contributed by atoms with Crippen molar-refractivity contribution < 1.29 is 0 Å². The van der Waals surface area contributed by atoms with Crippen molar-refractivity contribution in [1.29, 1.82) is 0 Å². The van der Waals surface area contributed by atoms with Crippen LogP contribution in [0.5, 0.6) is 0 Å². The minimum absolute atomic E-state index is 0.903. The van der Waals surface area contributed by atoms with Gasteiger partial charge in [0.25, 0.3) is 0 Å². The maximum Gasteiger partial charge on any atom is 0.0608 e. The molecule has 2 aliphatic rings. The van der Waals surface area contributed by atoms with Crippen LogP contribution in [0, 0.1) is 17.8 Å². The summed E-state index contributed by atoms with van der Waals surface area (Å²) in [6, 6.07) is 0. The molecule has 0 N–H and O–H groups in total. The highest BCUT2D eigenvalue weighted by atomic mass is 15.1. The molecule has 1 nitrogen and oxygen atoms in total. The van der Waals surface area contributed by atoms with Crippen LogP contribution in [-0.2, 0) is 0 Å². The van der Waals surface area contributed by atoms with Gasteiger partial charge in [0.2, 0.25) is 0 Å². The fraction of sp³-hybridized carbons (Fsp3) is 0.625. The lowest BCUT2D eigenvalue weighted by Crippen LogP contribution is -2.26. The Morgan fingerprint density at radius 3 is 2.94 bits per heavy atom. The van der Waals surface area contributed by atoms with Crippen LogP contribution in [0.3, 0.4) is 0 Å². The van der Waals surface area contributed by atoms with Crippen molar-refractivity contribution in [2.45, 2.75) is 38.5 Å².